The van der Waals surface area contributed by atoms with Crippen molar-refractivity contribution < 1.29 is 72.0 Å². The highest BCUT2D eigenvalue weighted by molar-refractivity contribution is 6.34. The third-order valence-corrected chi connectivity index (χ3v) is 16.4. The zero-order chi connectivity index (χ0) is 62.7. The molecule has 2 saturated heterocycles. The number of amides is 10. The van der Waals surface area contributed by atoms with E-state index >= 15 is 0 Å². The lowest BCUT2D eigenvalue weighted by molar-refractivity contribution is -0.158. The number of hydrogen-bond acceptors (Lipinski definition) is 15. The van der Waals surface area contributed by atoms with E-state index in [0.717, 1.165) is 20.9 Å². The van der Waals surface area contributed by atoms with Crippen LogP contribution in [0.4, 0.5) is 21.0 Å². The van der Waals surface area contributed by atoms with E-state index in [4.69, 9.17) is 36.3 Å². The maximum Gasteiger partial charge on any atom is 0.409 e. The second-order valence-corrected chi connectivity index (χ2v) is 23.1. The Labute approximate surface area is 499 Å². The summed E-state index contributed by atoms with van der Waals surface area (Å²) in [5, 5.41) is 25.4. The summed E-state index contributed by atoms with van der Waals surface area (Å²) in [6.07, 6.45) is 4.12. The lowest BCUT2D eigenvalue weighted by atomic mass is 9.83. The van der Waals surface area contributed by atoms with Gasteiger partial charge < -0.3 is 60.9 Å². The number of likely N-dealkylation sites (N-methyl/N-ethyl adjacent to an activating group) is 1. The number of anilines is 2. The Morgan fingerprint density at radius 1 is 0.976 bits per heavy atom. The van der Waals surface area contributed by atoms with Crippen LogP contribution in [0.1, 0.15) is 114 Å². The molecule has 4 heterocycles. The number of hydrogen-bond donors (Lipinski definition) is 7. The number of nitrogens with two attached hydrogens (primary N) is 1. The molecule has 6 rings (SSSR count). The molecule has 0 radical (unpaired) electrons. The van der Waals surface area contributed by atoms with Gasteiger partial charge in [-0.1, -0.05) is 80.8 Å². The maximum atomic E-state index is 14.5. The van der Waals surface area contributed by atoms with Crippen molar-refractivity contribution in [3.05, 3.63) is 94.1 Å². The molecule has 0 aliphatic carbocycles. The highest BCUT2D eigenvalue weighted by Crippen LogP contribution is 2.49. The zero-order valence-electron chi connectivity index (χ0n) is 49.8. The molecule has 4 aliphatic rings. The number of carbonyl (C=O) groups is 10. The van der Waals surface area contributed by atoms with Crippen molar-refractivity contribution in [3.63, 3.8) is 0 Å². The summed E-state index contributed by atoms with van der Waals surface area (Å²) >= 11 is 6.87. The number of nitrogens with one attached hydrogen (secondary N) is 5. The number of ether oxygens (including phenoxy) is 4. The second kappa shape index (κ2) is 28.9. The number of aryl methyl sites for hydroxylation is 1. The van der Waals surface area contributed by atoms with E-state index in [1.807, 2.05) is 26.0 Å². The minimum atomic E-state index is -1.92. The third-order valence-electron chi connectivity index (χ3n) is 15.9. The topological polar surface area (TPSA) is 327 Å². The molecule has 2 aromatic rings. The number of allylic oxidation sites excluding steroid dienone is 3. The number of rotatable bonds is 21. The summed E-state index contributed by atoms with van der Waals surface area (Å²) < 4.78 is 24.0. The Bertz CT molecular complexity index is 2970. The van der Waals surface area contributed by atoms with Crippen molar-refractivity contribution in [2.24, 2.45) is 17.6 Å². The van der Waals surface area contributed by atoms with Crippen LogP contribution in [0, 0.1) is 18.8 Å². The highest BCUT2D eigenvalue weighted by Gasteiger charge is 2.64. The van der Waals surface area contributed by atoms with Gasteiger partial charge >= 0.3 is 18.1 Å². The van der Waals surface area contributed by atoms with Crippen molar-refractivity contribution in [1.82, 2.24) is 31.1 Å². The van der Waals surface area contributed by atoms with Crippen LogP contribution >= 0.6 is 11.6 Å². The molecule has 0 aromatic heterocycles. The third kappa shape index (κ3) is 16.8. The molecular weight excluding hydrogens is 1120 g/mol. The molecule has 0 spiro atoms. The van der Waals surface area contributed by atoms with E-state index in [0.29, 0.717) is 42.0 Å². The number of esters is 1. The molecule has 85 heavy (non-hydrogen) atoms. The summed E-state index contributed by atoms with van der Waals surface area (Å²) in [6, 6.07) is 5.21. The van der Waals surface area contributed by atoms with Crippen molar-refractivity contribution in [1.29, 1.82) is 0 Å². The molecule has 25 heteroatoms. The first-order valence-electron chi connectivity index (χ1n) is 28.4. The maximum absolute atomic E-state index is 14.5. The Hall–Kier alpha value is -7.67. The molecule has 0 unspecified atom stereocenters. The fourth-order valence-electron chi connectivity index (χ4n) is 10.6. The molecule has 2 fully saturated rings. The van der Waals surface area contributed by atoms with Crippen molar-refractivity contribution >= 4 is 82.4 Å². The average molecular weight is 1200 g/mol. The summed E-state index contributed by atoms with van der Waals surface area (Å²) in [5.74, 6) is -5.91. The first-order valence-corrected chi connectivity index (χ1v) is 28.8. The summed E-state index contributed by atoms with van der Waals surface area (Å²) in [7, 11) is 4.31. The lowest BCUT2D eigenvalue weighted by Crippen LogP contribution is -2.63. The molecular formula is C60H80ClN9O15. The predicted molar refractivity (Wildman–Crippen MR) is 313 cm³/mol. The average Bonchev–Trinajstić information content (AvgIpc) is 1.65. The number of nitrogens with zero attached hydrogens (tertiary/aromatic N) is 3. The normalized spacial score (nSPS) is 25.2. The first kappa shape index (κ1) is 66.5. The Morgan fingerprint density at radius 2 is 1.67 bits per heavy atom. The Balaban J connectivity index is 1.19. The van der Waals surface area contributed by atoms with E-state index in [-0.39, 0.29) is 50.0 Å². The number of alkyl carbamates (subject to hydrolysis) is 1. The van der Waals surface area contributed by atoms with Gasteiger partial charge in [-0.3, -0.25) is 43.8 Å². The number of carbonyl (C=O) groups excluding carboxylic acids is 10. The fraction of sp³-hybridized carbons (Fsp3) is 0.533. The molecule has 2 aromatic carbocycles. The number of epoxide rings is 1. The molecule has 462 valence electrons. The largest absolute Gasteiger partial charge is 0.457 e. The van der Waals surface area contributed by atoms with Crippen LogP contribution in [0.3, 0.4) is 0 Å². The van der Waals surface area contributed by atoms with Crippen LogP contribution < -0.4 is 37.2 Å². The number of fused-ring (bicyclic) bond motifs is 5. The van der Waals surface area contributed by atoms with Gasteiger partial charge in [-0.2, -0.15) is 0 Å². The smallest absolute Gasteiger partial charge is 0.409 e. The van der Waals surface area contributed by atoms with E-state index in [2.05, 4.69) is 26.6 Å². The van der Waals surface area contributed by atoms with E-state index in [9.17, 15) is 53.1 Å². The van der Waals surface area contributed by atoms with Gasteiger partial charge in [-0.05, 0) is 95.0 Å². The van der Waals surface area contributed by atoms with E-state index < -0.39 is 132 Å². The van der Waals surface area contributed by atoms with Gasteiger partial charge in [0.15, 0.2) is 5.72 Å². The summed E-state index contributed by atoms with van der Waals surface area (Å²) in [4.78, 5) is 137. The number of halogens is 1. The predicted octanol–water partition coefficient (Wildman–Crippen LogP) is 4.63. The lowest BCUT2D eigenvalue weighted by Gasteiger charge is -2.42. The van der Waals surface area contributed by atoms with Gasteiger partial charge in [0.25, 0.3) is 17.7 Å². The fourth-order valence-corrected chi connectivity index (χ4v) is 10.9. The molecule has 10 atom stereocenters. The van der Waals surface area contributed by atoms with Gasteiger partial charge in [0, 0.05) is 65.2 Å². The van der Waals surface area contributed by atoms with Crippen molar-refractivity contribution in [2.75, 3.05) is 44.5 Å². The quantitative estimate of drug-likeness (QED) is 0.0388. The van der Waals surface area contributed by atoms with Crippen LogP contribution in [0.15, 0.2) is 72.4 Å². The van der Waals surface area contributed by atoms with Gasteiger partial charge in [-0.25, -0.2) is 14.4 Å². The zero-order valence-corrected chi connectivity index (χ0v) is 50.5. The van der Waals surface area contributed by atoms with Crippen LogP contribution in [-0.4, -0.2) is 163 Å². The minimum absolute atomic E-state index is 0.00853. The number of methoxy groups -OCH3 is 1. The number of aliphatic hydroxyl groups is 1. The van der Waals surface area contributed by atoms with E-state index in [1.54, 1.807) is 65.1 Å². The van der Waals surface area contributed by atoms with Crippen LogP contribution in [-0.2, 0) is 58.9 Å². The van der Waals surface area contributed by atoms with E-state index in [1.165, 1.54) is 50.3 Å². The van der Waals surface area contributed by atoms with Gasteiger partial charge in [-0.15, -0.1) is 0 Å². The molecule has 4 aliphatic heterocycles. The number of primary amides is 1. The monoisotopic (exact) mass is 1200 g/mol. The number of benzene rings is 2. The number of para-hydroxylation sites is 1. The summed E-state index contributed by atoms with van der Waals surface area (Å²) in [6.45, 7) is 12.2. The molecule has 24 nitrogen and oxygen atoms in total. The summed E-state index contributed by atoms with van der Waals surface area (Å²) in [5.41, 5.74) is 4.79. The Kier molecular flexibility index (Phi) is 22.6. The van der Waals surface area contributed by atoms with Crippen molar-refractivity contribution in [3.8, 4) is 0 Å². The Morgan fingerprint density at radius 3 is 2.34 bits per heavy atom. The molecule has 10 amide bonds. The highest BCUT2D eigenvalue weighted by atomic mass is 35.5. The van der Waals surface area contributed by atoms with Gasteiger partial charge in [0.05, 0.1) is 34.5 Å². The first-order chi connectivity index (χ1) is 40.1. The van der Waals surface area contributed by atoms with Gasteiger partial charge in [0.1, 0.15) is 42.0 Å². The molecule has 0 saturated carbocycles. The number of unbranched alkanes of at least 4 members (excludes halogenated alkanes) is 2. The number of urea groups is 1. The standard InChI is InChI=1S/C60H80ClN9O15/c1-33(2)51(66-46(71)23-12-11-15-27-70-47(72)24-25-48(70)73)54(76)65-41(21-17-26-63-57(62)79)53(75)64-40-20-14-13-19-39(40)55(77)68(8)37(6)56(78)84-45-31-49(74)69(9)42-30-38(29-35(4)50(42)61)28-34(3)18-16-22-44(82-10)60(81)32-43(83-58(80)67-60)36(5)52-59(45,7)85-52/h13-14,16,18-20,22,24-25,29-30,33,36-37,41,43-45,51-52,81H,11-12,15,17,21,23,26-28,31-32H2,1-10H3,(H,64,75)(H,65,76)(H,66,71)(H,67,80)(H3,62,63,79)/b22-16+,34-18+/t36-,37+,41+,43+,44-,45+,51+,52+,59+,60+/m1/s1. The van der Waals surface area contributed by atoms with Crippen molar-refractivity contribution in [2.45, 2.75) is 160 Å². The van der Waals surface area contributed by atoms with Crippen LogP contribution in [0.25, 0.3) is 0 Å². The van der Waals surface area contributed by atoms with Crippen LogP contribution in [0.5, 0.6) is 0 Å². The SMILES string of the molecule is CO[C@@H]1/C=C/C=C(\C)Cc2cc(C)c(Cl)c(c2)N(C)C(=O)C[C@H](OC(=O)[C@H](C)N(C)C(=O)c2ccccc2NC(=O)[C@H](CCCNC(N)=O)NC(=O)[C@@H](NC(=O)CCCCCN2C(=O)C=CC2=O)C(C)C)[C@]2(C)O[C@H]2[C@H](C)[C@@H]2C[C@@]1(O)NC(=O)O2. The van der Waals surface area contributed by atoms with Gasteiger partial charge in [0.2, 0.25) is 23.6 Å². The minimum Gasteiger partial charge on any atom is -0.457 e. The van der Waals surface area contributed by atoms with Crippen LogP contribution in [0.2, 0.25) is 5.02 Å². The second-order valence-electron chi connectivity index (χ2n) is 22.7. The molecule has 4 bridgehead atoms. The molecule has 8 N–H and O–H groups in total. The number of imide groups is 1.